The van der Waals surface area contributed by atoms with Crippen LogP contribution in [0.25, 0.3) is 11.0 Å². The fraction of sp³-hybridized carbons (Fsp3) is 0.389. The largest absolute Gasteiger partial charge is 0.495 e. The molecular formula is C36H45N7O5. The maximum Gasteiger partial charge on any atom is 0.258 e. The summed E-state index contributed by atoms with van der Waals surface area (Å²) in [5.41, 5.74) is 9.79. The van der Waals surface area contributed by atoms with Crippen molar-refractivity contribution in [3.8, 4) is 11.5 Å². The number of carbonyl (C=O) groups is 3. The summed E-state index contributed by atoms with van der Waals surface area (Å²) in [6.45, 7) is 6.13. The number of amides is 3. The summed E-state index contributed by atoms with van der Waals surface area (Å²) in [5, 5.41) is 2.88. The Hall–Kier alpha value is -4.94. The van der Waals surface area contributed by atoms with Gasteiger partial charge in [0.05, 0.1) is 42.7 Å². The number of hydrogen-bond acceptors (Lipinski definition) is 8. The summed E-state index contributed by atoms with van der Waals surface area (Å²) in [7, 11) is 5.27. The van der Waals surface area contributed by atoms with Gasteiger partial charge in [0, 0.05) is 45.2 Å². The van der Waals surface area contributed by atoms with E-state index in [9.17, 15) is 14.4 Å². The maximum absolute atomic E-state index is 13.7. The predicted molar refractivity (Wildman–Crippen MR) is 187 cm³/mol. The lowest BCUT2D eigenvalue weighted by Gasteiger charge is -2.32. The Kier molecular flexibility index (Phi) is 11.3. The third-order valence-corrected chi connectivity index (χ3v) is 8.63. The quantitative estimate of drug-likeness (QED) is 0.178. The van der Waals surface area contributed by atoms with Crippen LogP contribution in [0, 0.1) is 6.92 Å². The number of fused-ring (bicyclic) bond motifs is 1. The number of likely N-dealkylation sites (N-methyl/N-ethyl adjacent to an activating group) is 1. The van der Waals surface area contributed by atoms with Gasteiger partial charge in [-0.05, 0) is 81.3 Å². The molecule has 48 heavy (non-hydrogen) atoms. The van der Waals surface area contributed by atoms with Gasteiger partial charge in [-0.2, -0.15) is 0 Å². The molecule has 0 aliphatic carbocycles. The lowest BCUT2D eigenvalue weighted by Crippen LogP contribution is -2.47. The fourth-order valence-electron chi connectivity index (χ4n) is 5.75. The van der Waals surface area contributed by atoms with Crippen molar-refractivity contribution in [2.45, 2.75) is 39.2 Å². The molecule has 12 heteroatoms. The number of piperazine rings is 1. The number of carbonyl (C=O) groups excluding carboxylic acids is 3. The number of ether oxygens (including phenoxy) is 2. The van der Waals surface area contributed by atoms with Crippen molar-refractivity contribution in [3.63, 3.8) is 0 Å². The minimum absolute atomic E-state index is 0.227. The SMILES string of the molecule is COc1cc(C(=O)N(C)c2ccc(C)cc2OCCCCCC(=O)N2CCN(C)CC2)ccc1NC(=O)c1cccc2[nH]c(CN)nc12. The number of aromatic nitrogens is 2. The van der Waals surface area contributed by atoms with Crippen LogP contribution in [0.1, 0.15) is 57.8 Å². The van der Waals surface area contributed by atoms with Crippen LogP contribution in [0.2, 0.25) is 0 Å². The lowest BCUT2D eigenvalue weighted by atomic mass is 10.1. The number of benzene rings is 3. The van der Waals surface area contributed by atoms with Crippen molar-refractivity contribution in [3.05, 3.63) is 77.1 Å². The van der Waals surface area contributed by atoms with E-state index in [4.69, 9.17) is 15.2 Å². The number of aromatic amines is 1. The van der Waals surface area contributed by atoms with Gasteiger partial charge in [0.25, 0.3) is 11.8 Å². The zero-order valence-corrected chi connectivity index (χ0v) is 28.2. The molecule has 4 N–H and O–H groups in total. The predicted octanol–water partition coefficient (Wildman–Crippen LogP) is 4.58. The Morgan fingerprint density at radius 3 is 2.54 bits per heavy atom. The number of unbranched alkanes of at least 4 members (excludes halogenated alkanes) is 2. The number of aryl methyl sites for hydroxylation is 1. The number of nitrogens with zero attached hydrogens (tertiary/aromatic N) is 4. The summed E-state index contributed by atoms with van der Waals surface area (Å²) >= 11 is 0. The first-order valence-electron chi connectivity index (χ1n) is 16.3. The molecule has 2 heterocycles. The number of H-pyrrole nitrogens is 1. The van der Waals surface area contributed by atoms with E-state index in [0.717, 1.165) is 51.0 Å². The van der Waals surface area contributed by atoms with E-state index in [1.54, 1.807) is 42.3 Å². The minimum atomic E-state index is -0.367. The van der Waals surface area contributed by atoms with E-state index < -0.39 is 0 Å². The van der Waals surface area contributed by atoms with Crippen molar-refractivity contribution in [1.29, 1.82) is 0 Å². The fourth-order valence-corrected chi connectivity index (χ4v) is 5.75. The third kappa shape index (κ3) is 8.12. The molecule has 254 valence electrons. The molecule has 1 aliphatic rings. The lowest BCUT2D eigenvalue weighted by molar-refractivity contribution is -0.132. The Morgan fingerprint density at radius 1 is 1.00 bits per heavy atom. The number of anilines is 2. The number of methoxy groups -OCH3 is 1. The third-order valence-electron chi connectivity index (χ3n) is 8.63. The van der Waals surface area contributed by atoms with Crippen LogP contribution >= 0.6 is 0 Å². The van der Waals surface area contributed by atoms with E-state index >= 15 is 0 Å². The van der Waals surface area contributed by atoms with Crippen LogP contribution < -0.4 is 25.4 Å². The van der Waals surface area contributed by atoms with Crippen LogP contribution in [-0.2, 0) is 11.3 Å². The topological polar surface area (TPSA) is 146 Å². The van der Waals surface area contributed by atoms with Gasteiger partial charge in [0.1, 0.15) is 22.8 Å². The molecule has 12 nitrogen and oxygen atoms in total. The summed E-state index contributed by atoms with van der Waals surface area (Å²) in [6, 6.07) is 15.9. The average molecular weight is 656 g/mol. The number of rotatable bonds is 13. The molecule has 0 unspecified atom stereocenters. The second-order valence-electron chi connectivity index (χ2n) is 12.1. The second kappa shape index (κ2) is 15.8. The molecule has 0 saturated carbocycles. The van der Waals surface area contributed by atoms with Gasteiger partial charge in [-0.3, -0.25) is 14.4 Å². The molecule has 3 aromatic carbocycles. The molecular weight excluding hydrogens is 610 g/mol. The minimum Gasteiger partial charge on any atom is -0.495 e. The molecule has 0 radical (unpaired) electrons. The summed E-state index contributed by atoms with van der Waals surface area (Å²) < 4.78 is 11.7. The van der Waals surface area contributed by atoms with Crippen molar-refractivity contribution < 1.29 is 23.9 Å². The van der Waals surface area contributed by atoms with Crippen LogP contribution in [0.15, 0.2) is 54.6 Å². The molecule has 0 atom stereocenters. The molecule has 1 saturated heterocycles. The van der Waals surface area contributed by atoms with Crippen molar-refractivity contribution in [2.75, 3.05) is 64.2 Å². The molecule has 1 aliphatic heterocycles. The maximum atomic E-state index is 13.7. The molecule has 1 fully saturated rings. The standard InChI is InChI=1S/C36H45N7O5/c1-24-12-15-29(31(21-24)48-20-7-5-6-11-33(44)43-18-16-41(2)17-19-43)42(3)36(46)25-13-14-27(30(22-25)47-4)39-35(45)26-9-8-10-28-34(26)40-32(23-37)38-28/h8-10,12-15,21-22H,5-7,11,16-20,23,37H2,1-4H3,(H,38,40)(H,39,45). The first kappa shape index (κ1) is 34.4. The van der Waals surface area contributed by atoms with Gasteiger partial charge in [0.15, 0.2) is 0 Å². The zero-order chi connectivity index (χ0) is 34.2. The molecule has 3 amide bonds. The normalized spacial score (nSPS) is 13.4. The number of imidazole rings is 1. The van der Waals surface area contributed by atoms with E-state index in [1.807, 2.05) is 36.1 Å². The monoisotopic (exact) mass is 655 g/mol. The molecule has 0 bridgehead atoms. The Balaban J connectivity index is 1.19. The Morgan fingerprint density at radius 2 is 1.79 bits per heavy atom. The van der Waals surface area contributed by atoms with Gasteiger partial charge >= 0.3 is 0 Å². The molecule has 5 rings (SSSR count). The van der Waals surface area contributed by atoms with E-state index in [1.165, 1.54) is 7.11 Å². The highest BCUT2D eigenvalue weighted by molar-refractivity contribution is 6.12. The van der Waals surface area contributed by atoms with E-state index in [-0.39, 0.29) is 24.3 Å². The highest BCUT2D eigenvalue weighted by Crippen LogP contribution is 2.32. The van der Waals surface area contributed by atoms with Crippen LogP contribution in [-0.4, -0.2) is 91.5 Å². The highest BCUT2D eigenvalue weighted by Gasteiger charge is 2.22. The van der Waals surface area contributed by atoms with Gasteiger partial charge in [-0.25, -0.2) is 4.98 Å². The van der Waals surface area contributed by atoms with Crippen LogP contribution in [0.3, 0.4) is 0 Å². The number of hydrogen-bond donors (Lipinski definition) is 3. The van der Waals surface area contributed by atoms with Crippen molar-refractivity contribution in [2.24, 2.45) is 5.73 Å². The van der Waals surface area contributed by atoms with Gasteiger partial charge in [-0.15, -0.1) is 0 Å². The summed E-state index contributed by atoms with van der Waals surface area (Å²) in [6.07, 6.45) is 3.05. The van der Waals surface area contributed by atoms with Gasteiger partial charge in [0.2, 0.25) is 5.91 Å². The van der Waals surface area contributed by atoms with Crippen LogP contribution in [0.5, 0.6) is 11.5 Å². The second-order valence-corrected chi connectivity index (χ2v) is 12.1. The first-order valence-corrected chi connectivity index (χ1v) is 16.3. The van der Waals surface area contributed by atoms with Crippen molar-refractivity contribution in [1.82, 2.24) is 19.8 Å². The summed E-state index contributed by atoms with van der Waals surface area (Å²) in [5.74, 6) is 1.13. The number of nitrogens with one attached hydrogen (secondary N) is 2. The number of nitrogens with two attached hydrogens (primary N) is 1. The van der Waals surface area contributed by atoms with Gasteiger partial charge in [-0.1, -0.05) is 12.1 Å². The summed E-state index contributed by atoms with van der Waals surface area (Å²) in [4.78, 5) is 52.8. The first-order chi connectivity index (χ1) is 23.2. The smallest absolute Gasteiger partial charge is 0.258 e. The molecule has 1 aromatic heterocycles. The Labute approximate surface area is 281 Å². The van der Waals surface area contributed by atoms with Gasteiger partial charge < -0.3 is 40.2 Å². The zero-order valence-electron chi connectivity index (χ0n) is 28.2. The van der Waals surface area contributed by atoms with Crippen molar-refractivity contribution >= 4 is 40.1 Å². The van der Waals surface area contributed by atoms with E-state index in [0.29, 0.717) is 63.9 Å². The Bertz CT molecular complexity index is 1760. The van der Waals surface area contributed by atoms with Crippen LogP contribution in [0.4, 0.5) is 11.4 Å². The van der Waals surface area contributed by atoms with E-state index in [2.05, 4.69) is 27.2 Å². The number of para-hydroxylation sites is 1. The average Bonchev–Trinajstić information content (AvgIpc) is 3.53. The highest BCUT2D eigenvalue weighted by atomic mass is 16.5. The molecule has 0 spiro atoms. The molecule has 4 aromatic rings.